The van der Waals surface area contributed by atoms with Crippen LogP contribution in [0.15, 0.2) is 12.4 Å². The Labute approximate surface area is 142 Å². The molecule has 0 radical (unpaired) electrons. The summed E-state index contributed by atoms with van der Waals surface area (Å²) in [7, 11) is 1.64. The molecule has 2 aliphatic rings. The van der Waals surface area contributed by atoms with Crippen molar-refractivity contribution in [3.05, 3.63) is 23.8 Å². The van der Waals surface area contributed by atoms with E-state index < -0.39 is 5.41 Å². The Morgan fingerprint density at radius 3 is 2.83 bits per heavy atom. The van der Waals surface area contributed by atoms with E-state index in [9.17, 15) is 9.59 Å². The number of aromatic nitrogens is 2. The van der Waals surface area contributed by atoms with E-state index in [1.165, 1.54) is 6.20 Å². The van der Waals surface area contributed by atoms with Gasteiger partial charge in [-0.1, -0.05) is 0 Å². The van der Waals surface area contributed by atoms with Crippen LogP contribution in [0.25, 0.3) is 0 Å². The fourth-order valence-corrected chi connectivity index (χ4v) is 3.66. The van der Waals surface area contributed by atoms with Gasteiger partial charge in [-0.3, -0.25) is 14.6 Å². The first-order chi connectivity index (χ1) is 11.6. The molecule has 1 spiro atoms. The maximum absolute atomic E-state index is 12.8. The molecule has 3 heterocycles. The van der Waals surface area contributed by atoms with E-state index in [4.69, 9.17) is 4.74 Å². The molecular formula is C17H24N4O3. The highest BCUT2D eigenvalue weighted by molar-refractivity contribution is 5.93. The number of amides is 2. The molecule has 2 aliphatic heterocycles. The summed E-state index contributed by atoms with van der Waals surface area (Å²) in [6.45, 7) is 4.89. The lowest BCUT2D eigenvalue weighted by atomic mass is 9.78. The normalized spacial score (nSPS) is 24.0. The Morgan fingerprint density at radius 2 is 2.12 bits per heavy atom. The minimum absolute atomic E-state index is 0.135. The summed E-state index contributed by atoms with van der Waals surface area (Å²) in [5, 5.41) is 0. The fourth-order valence-electron chi connectivity index (χ4n) is 3.66. The third-order valence-corrected chi connectivity index (χ3v) is 5.03. The lowest BCUT2D eigenvalue weighted by Gasteiger charge is -2.38. The highest BCUT2D eigenvalue weighted by Gasteiger charge is 2.49. The number of hydrogen-bond donors (Lipinski definition) is 0. The maximum atomic E-state index is 12.8. The van der Waals surface area contributed by atoms with E-state index in [2.05, 4.69) is 9.97 Å². The van der Waals surface area contributed by atoms with Gasteiger partial charge < -0.3 is 14.5 Å². The summed E-state index contributed by atoms with van der Waals surface area (Å²) in [6, 6.07) is 0. The first-order valence-electron chi connectivity index (χ1n) is 8.42. The molecule has 1 atom stereocenters. The summed E-state index contributed by atoms with van der Waals surface area (Å²) in [5.74, 6) is 0.0248. The molecule has 0 aliphatic carbocycles. The fraction of sp³-hybridized carbons (Fsp3) is 0.647. The number of methoxy groups -OCH3 is 1. The average Bonchev–Trinajstić information content (AvgIpc) is 2.89. The molecule has 0 N–H and O–H groups in total. The number of ether oxygens (including phenoxy) is 1. The third kappa shape index (κ3) is 3.13. The zero-order valence-electron chi connectivity index (χ0n) is 14.3. The molecule has 2 saturated heterocycles. The number of aryl methyl sites for hydroxylation is 1. The van der Waals surface area contributed by atoms with Crippen LogP contribution in [-0.2, 0) is 9.53 Å². The Kier molecular flexibility index (Phi) is 4.80. The summed E-state index contributed by atoms with van der Waals surface area (Å²) in [5.41, 5.74) is 0.695. The first kappa shape index (κ1) is 16.8. The van der Waals surface area contributed by atoms with Crippen LogP contribution in [-0.4, -0.2) is 71.5 Å². The van der Waals surface area contributed by atoms with Crippen molar-refractivity contribution in [3.63, 3.8) is 0 Å². The molecule has 1 aromatic rings. The van der Waals surface area contributed by atoms with Crippen LogP contribution in [0.1, 0.15) is 35.4 Å². The van der Waals surface area contributed by atoms with Crippen molar-refractivity contribution in [2.24, 2.45) is 5.41 Å². The quantitative estimate of drug-likeness (QED) is 0.818. The van der Waals surface area contributed by atoms with Crippen molar-refractivity contribution >= 4 is 11.8 Å². The summed E-state index contributed by atoms with van der Waals surface area (Å²) in [6.07, 6.45) is 5.60. The van der Waals surface area contributed by atoms with Gasteiger partial charge in [0.25, 0.3) is 5.91 Å². The van der Waals surface area contributed by atoms with Gasteiger partial charge in [0, 0.05) is 39.5 Å². The highest BCUT2D eigenvalue weighted by atomic mass is 16.5. The monoisotopic (exact) mass is 332 g/mol. The van der Waals surface area contributed by atoms with Crippen molar-refractivity contribution in [2.45, 2.75) is 26.2 Å². The number of carbonyl (C=O) groups excluding carboxylic acids is 2. The molecular weight excluding hydrogens is 308 g/mol. The summed E-state index contributed by atoms with van der Waals surface area (Å²) >= 11 is 0. The van der Waals surface area contributed by atoms with Gasteiger partial charge in [-0.2, -0.15) is 0 Å². The highest BCUT2D eigenvalue weighted by Crippen LogP contribution is 2.40. The largest absolute Gasteiger partial charge is 0.383 e. The van der Waals surface area contributed by atoms with Gasteiger partial charge in [-0.15, -0.1) is 0 Å². The SMILES string of the molecule is COCCN1CCC2(CCCN(C(=O)c3cnc(C)cn3)C2)C1=O. The molecule has 0 aromatic carbocycles. The maximum Gasteiger partial charge on any atom is 0.274 e. The van der Waals surface area contributed by atoms with Crippen LogP contribution in [0.2, 0.25) is 0 Å². The smallest absolute Gasteiger partial charge is 0.274 e. The number of likely N-dealkylation sites (tertiary alicyclic amines) is 2. The number of nitrogens with zero attached hydrogens (tertiary/aromatic N) is 4. The lowest BCUT2D eigenvalue weighted by molar-refractivity contribution is -0.138. The van der Waals surface area contributed by atoms with Crippen molar-refractivity contribution in [1.29, 1.82) is 0 Å². The summed E-state index contributed by atoms with van der Waals surface area (Å²) < 4.78 is 5.08. The van der Waals surface area contributed by atoms with E-state index >= 15 is 0 Å². The predicted molar refractivity (Wildman–Crippen MR) is 87.4 cm³/mol. The van der Waals surface area contributed by atoms with E-state index in [0.29, 0.717) is 31.9 Å². The number of rotatable bonds is 4. The van der Waals surface area contributed by atoms with Gasteiger partial charge in [-0.05, 0) is 26.2 Å². The van der Waals surface area contributed by atoms with E-state index in [0.717, 1.165) is 31.5 Å². The van der Waals surface area contributed by atoms with Crippen LogP contribution in [0.5, 0.6) is 0 Å². The molecule has 7 heteroatoms. The van der Waals surface area contributed by atoms with Crippen molar-refractivity contribution in [2.75, 3.05) is 39.9 Å². The van der Waals surface area contributed by atoms with Gasteiger partial charge >= 0.3 is 0 Å². The molecule has 130 valence electrons. The van der Waals surface area contributed by atoms with Gasteiger partial charge in [0.05, 0.1) is 23.9 Å². The van der Waals surface area contributed by atoms with Crippen molar-refractivity contribution in [1.82, 2.24) is 19.8 Å². The van der Waals surface area contributed by atoms with Crippen LogP contribution in [0.4, 0.5) is 0 Å². The Bertz CT molecular complexity index is 619. The number of hydrogen-bond acceptors (Lipinski definition) is 5. The van der Waals surface area contributed by atoms with Gasteiger partial charge in [-0.25, -0.2) is 4.98 Å². The van der Waals surface area contributed by atoms with E-state index in [-0.39, 0.29) is 11.8 Å². The standard InChI is InChI=1S/C17H24N4O3/c1-13-10-19-14(11-18-13)15(22)21-6-3-4-17(12-21)5-7-20(16(17)23)8-9-24-2/h10-11H,3-9,12H2,1-2H3. The second-order valence-corrected chi connectivity index (χ2v) is 6.69. The molecule has 2 amide bonds. The number of carbonyl (C=O) groups is 2. The number of piperidine rings is 1. The topological polar surface area (TPSA) is 75.6 Å². The Hall–Kier alpha value is -2.02. The molecule has 24 heavy (non-hydrogen) atoms. The zero-order valence-corrected chi connectivity index (χ0v) is 14.3. The van der Waals surface area contributed by atoms with Crippen LogP contribution in [0.3, 0.4) is 0 Å². The van der Waals surface area contributed by atoms with Gasteiger partial charge in [0.2, 0.25) is 5.91 Å². The lowest BCUT2D eigenvalue weighted by Crippen LogP contribution is -2.50. The van der Waals surface area contributed by atoms with E-state index in [1.807, 2.05) is 11.8 Å². The molecule has 7 nitrogen and oxygen atoms in total. The molecule has 0 saturated carbocycles. The minimum atomic E-state index is -0.431. The minimum Gasteiger partial charge on any atom is -0.383 e. The second kappa shape index (κ2) is 6.84. The second-order valence-electron chi connectivity index (χ2n) is 6.69. The first-order valence-corrected chi connectivity index (χ1v) is 8.42. The molecule has 1 aromatic heterocycles. The van der Waals surface area contributed by atoms with Gasteiger partial charge in [0.15, 0.2) is 0 Å². The molecule has 1 unspecified atom stereocenters. The predicted octanol–water partition coefficient (Wildman–Crippen LogP) is 0.886. The van der Waals surface area contributed by atoms with Crippen LogP contribution < -0.4 is 0 Å². The molecule has 3 rings (SSSR count). The summed E-state index contributed by atoms with van der Waals surface area (Å²) in [4.78, 5) is 37.5. The van der Waals surface area contributed by atoms with E-state index in [1.54, 1.807) is 18.2 Å². The van der Waals surface area contributed by atoms with Gasteiger partial charge in [0.1, 0.15) is 5.69 Å². The Morgan fingerprint density at radius 1 is 1.29 bits per heavy atom. The molecule has 0 bridgehead atoms. The van der Waals surface area contributed by atoms with Crippen LogP contribution in [0, 0.1) is 12.3 Å². The van der Waals surface area contributed by atoms with Crippen molar-refractivity contribution < 1.29 is 14.3 Å². The zero-order chi connectivity index (χ0) is 17.2. The third-order valence-electron chi connectivity index (χ3n) is 5.03. The van der Waals surface area contributed by atoms with Crippen molar-refractivity contribution in [3.8, 4) is 0 Å². The Balaban J connectivity index is 1.71. The molecule has 2 fully saturated rings. The van der Waals surface area contributed by atoms with Crippen LogP contribution >= 0.6 is 0 Å². The average molecular weight is 332 g/mol.